The second kappa shape index (κ2) is 3.43. The average molecular weight is 199 g/mol. The first-order chi connectivity index (χ1) is 5.89. The van der Waals surface area contributed by atoms with E-state index in [1.807, 2.05) is 13.8 Å². The number of rotatable bonds is 2. The molecule has 0 atom stereocenters. The monoisotopic (exact) mass is 199 g/mol. The van der Waals surface area contributed by atoms with Crippen LogP contribution in [0.5, 0.6) is 0 Å². The maximum Gasteiger partial charge on any atom is 0.223 e. The predicted molar refractivity (Wildman–Crippen MR) is 53.6 cm³/mol. The number of carbonyl (C=O) groups is 1. The van der Waals surface area contributed by atoms with E-state index >= 15 is 0 Å². The number of nitrogens with zero attached hydrogens (tertiary/aromatic N) is 1. The molecule has 0 fully saturated rings. The summed E-state index contributed by atoms with van der Waals surface area (Å²) in [5, 5.41) is 3.21. The van der Waals surface area contributed by atoms with Gasteiger partial charge in [-0.15, -0.1) is 0 Å². The molecule has 1 aromatic rings. The Morgan fingerprint density at radius 1 is 1.69 bits per heavy atom. The van der Waals surface area contributed by atoms with Gasteiger partial charge >= 0.3 is 0 Å². The van der Waals surface area contributed by atoms with Crippen molar-refractivity contribution in [3.8, 4) is 0 Å². The van der Waals surface area contributed by atoms with Crippen molar-refractivity contribution in [3.63, 3.8) is 0 Å². The number of carbonyl (C=O) groups excluding carboxylic acids is 1. The number of nitrogens with one attached hydrogen (secondary N) is 1. The molecule has 0 aliphatic heterocycles. The van der Waals surface area contributed by atoms with Gasteiger partial charge in [-0.05, 0) is 13.8 Å². The van der Waals surface area contributed by atoms with Crippen molar-refractivity contribution in [1.29, 1.82) is 0 Å². The van der Waals surface area contributed by atoms with E-state index < -0.39 is 5.54 Å². The first-order valence-electron chi connectivity index (χ1n) is 3.92. The van der Waals surface area contributed by atoms with Crippen molar-refractivity contribution in [2.75, 3.05) is 5.32 Å². The van der Waals surface area contributed by atoms with Gasteiger partial charge in [-0.25, -0.2) is 4.98 Å². The highest BCUT2D eigenvalue weighted by molar-refractivity contribution is 7.15. The quantitative estimate of drug-likeness (QED) is 0.754. The van der Waals surface area contributed by atoms with E-state index in [0.29, 0.717) is 5.13 Å². The lowest BCUT2D eigenvalue weighted by molar-refractivity contribution is -0.114. The van der Waals surface area contributed by atoms with E-state index in [2.05, 4.69) is 10.3 Å². The average Bonchev–Trinajstić information content (AvgIpc) is 2.32. The Kier molecular flexibility index (Phi) is 2.68. The molecule has 0 radical (unpaired) electrons. The molecule has 0 spiro atoms. The molecule has 72 valence electrons. The van der Waals surface area contributed by atoms with Crippen LogP contribution in [0.25, 0.3) is 0 Å². The summed E-state index contributed by atoms with van der Waals surface area (Å²) in [7, 11) is 0. The zero-order valence-corrected chi connectivity index (χ0v) is 8.73. The summed E-state index contributed by atoms with van der Waals surface area (Å²) in [6, 6.07) is 0. The minimum atomic E-state index is -0.394. The van der Waals surface area contributed by atoms with Crippen LogP contribution in [0.3, 0.4) is 0 Å². The van der Waals surface area contributed by atoms with Gasteiger partial charge in [-0.2, -0.15) is 0 Å². The first kappa shape index (κ1) is 10.1. The highest BCUT2D eigenvalue weighted by atomic mass is 32.1. The molecule has 0 aliphatic carbocycles. The number of amides is 1. The Labute approximate surface area is 81.2 Å². The van der Waals surface area contributed by atoms with Crippen LogP contribution in [-0.4, -0.2) is 10.9 Å². The molecule has 5 heteroatoms. The summed E-state index contributed by atoms with van der Waals surface area (Å²) in [6.07, 6.45) is 1.69. The molecule has 1 aromatic heterocycles. The van der Waals surface area contributed by atoms with E-state index in [1.165, 1.54) is 18.3 Å². The van der Waals surface area contributed by atoms with Crippen LogP contribution in [0.1, 0.15) is 25.6 Å². The Hall–Kier alpha value is -0.940. The van der Waals surface area contributed by atoms with Gasteiger partial charge in [0.25, 0.3) is 0 Å². The van der Waals surface area contributed by atoms with E-state index in [4.69, 9.17) is 5.73 Å². The molecule has 13 heavy (non-hydrogen) atoms. The standard InChI is InChI=1S/C8H13N3OS/c1-5(12)11-7-10-4-6(13-7)8(2,3)9/h4H,9H2,1-3H3,(H,10,11,12). The molecular formula is C8H13N3OS. The maximum atomic E-state index is 10.7. The van der Waals surface area contributed by atoms with E-state index in [-0.39, 0.29) is 5.91 Å². The van der Waals surface area contributed by atoms with Gasteiger partial charge in [0.15, 0.2) is 5.13 Å². The Morgan fingerprint density at radius 2 is 2.31 bits per heavy atom. The lowest BCUT2D eigenvalue weighted by Gasteiger charge is -2.14. The fraction of sp³-hybridized carbons (Fsp3) is 0.500. The van der Waals surface area contributed by atoms with E-state index in [9.17, 15) is 4.79 Å². The molecular weight excluding hydrogens is 186 g/mol. The van der Waals surface area contributed by atoms with Crippen LogP contribution in [-0.2, 0) is 10.3 Å². The lowest BCUT2D eigenvalue weighted by Crippen LogP contribution is -2.27. The summed E-state index contributed by atoms with van der Waals surface area (Å²) in [6.45, 7) is 5.25. The number of anilines is 1. The van der Waals surface area contributed by atoms with Crippen molar-refractivity contribution in [1.82, 2.24) is 4.98 Å². The number of nitrogens with two attached hydrogens (primary N) is 1. The van der Waals surface area contributed by atoms with Crippen molar-refractivity contribution in [2.24, 2.45) is 5.73 Å². The molecule has 3 N–H and O–H groups in total. The molecule has 1 heterocycles. The highest BCUT2D eigenvalue weighted by Gasteiger charge is 2.17. The maximum absolute atomic E-state index is 10.7. The number of aromatic nitrogens is 1. The number of thiazole rings is 1. The summed E-state index contributed by atoms with van der Waals surface area (Å²) >= 11 is 1.40. The Bertz CT molecular complexity index is 313. The Balaban J connectivity index is 2.81. The summed E-state index contributed by atoms with van der Waals surface area (Å²) in [5.74, 6) is -0.115. The number of hydrogen-bond acceptors (Lipinski definition) is 4. The third-order valence-corrected chi connectivity index (χ3v) is 2.68. The van der Waals surface area contributed by atoms with Crippen LogP contribution < -0.4 is 11.1 Å². The van der Waals surface area contributed by atoms with Crippen LogP contribution >= 0.6 is 11.3 Å². The summed E-state index contributed by atoms with van der Waals surface area (Å²) < 4.78 is 0. The molecule has 1 rings (SSSR count). The minimum Gasteiger partial charge on any atom is -0.321 e. The Morgan fingerprint density at radius 3 is 2.69 bits per heavy atom. The second-order valence-electron chi connectivity index (χ2n) is 3.43. The predicted octanol–water partition coefficient (Wildman–Crippen LogP) is 1.30. The van der Waals surface area contributed by atoms with Crippen LogP contribution in [0.2, 0.25) is 0 Å². The van der Waals surface area contributed by atoms with Crippen molar-refractivity contribution in [2.45, 2.75) is 26.3 Å². The van der Waals surface area contributed by atoms with Crippen molar-refractivity contribution in [3.05, 3.63) is 11.1 Å². The van der Waals surface area contributed by atoms with Gasteiger partial charge in [-0.1, -0.05) is 11.3 Å². The molecule has 0 bridgehead atoms. The molecule has 0 aromatic carbocycles. The van der Waals surface area contributed by atoms with Crippen LogP contribution in [0.4, 0.5) is 5.13 Å². The summed E-state index contributed by atoms with van der Waals surface area (Å²) in [4.78, 5) is 15.7. The van der Waals surface area contributed by atoms with Gasteiger partial charge < -0.3 is 11.1 Å². The third kappa shape index (κ3) is 2.78. The largest absolute Gasteiger partial charge is 0.321 e. The van der Waals surface area contributed by atoms with E-state index in [0.717, 1.165) is 4.88 Å². The van der Waals surface area contributed by atoms with Gasteiger partial charge in [0.05, 0.1) is 0 Å². The van der Waals surface area contributed by atoms with Gasteiger partial charge in [0.2, 0.25) is 5.91 Å². The number of hydrogen-bond donors (Lipinski definition) is 2. The third-order valence-electron chi connectivity index (χ3n) is 1.42. The van der Waals surface area contributed by atoms with Crippen LogP contribution in [0.15, 0.2) is 6.20 Å². The normalized spacial score (nSPS) is 11.4. The van der Waals surface area contributed by atoms with Gasteiger partial charge in [-0.3, -0.25) is 4.79 Å². The minimum absolute atomic E-state index is 0.115. The zero-order valence-electron chi connectivity index (χ0n) is 7.92. The summed E-state index contributed by atoms with van der Waals surface area (Å²) in [5.41, 5.74) is 5.46. The zero-order chi connectivity index (χ0) is 10.1. The van der Waals surface area contributed by atoms with Crippen molar-refractivity contribution < 1.29 is 4.79 Å². The second-order valence-corrected chi connectivity index (χ2v) is 4.46. The SMILES string of the molecule is CC(=O)Nc1ncc(C(C)(C)N)s1. The molecule has 0 unspecified atom stereocenters. The topological polar surface area (TPSA) is 68.0 Å². The lowest BCUT2D eigenvalue weighted by atomic mass is 10.1. The highest BCUT2D eigenvalue weighted by Crippen LogP contribution is 2.26. The molecule has 0 saturated carbocycles. The smallest absolute Gasteiger partial charge is 0.223 e. The van der Waals surface area contributed by atoms with Crippen LogP contribution in [0, 0.1) is 0 Å². The fourth-order valence-corrected chi connectivity index (χ4v) is 1.66. The first-order valence-corrected chi connectivity index (χ1v) is 4.74. The van der Waals surface area contributed by atoms with Gasteiger partial charge in [0.1, 0.15) is 0 Å². The fourth-order valence-electron chi connectivity index (χ4n) is 0.780. The van der Waals surface area contributed by atoms with Crippen molar-refractivity contribution >= 4 is 22.4 Å². The molecule has 0 saturated heterocycles. The molecule has 0 aliphatic rings. The molecule has 1 amide bonds. The molecule has 4 nitrogen and oxygen atoms in total. The van der Waals surface area contributed by atoms with E-state index in [1.54, 1.807) is 6.20 Å². The van der Waals surface area contributed by atoms with Gasteiger partial charge in [0, 0.05) is 23.5 Å².